The number of hydrogen-bond donors (Lipinski definition) is 1. The van der Waals surface area contributed by atoms with Crippen LogP contribution in [0.15, 0.2) is 66.7 Å². The first-order valence-electron chi connectivity index (χ1n) is 18.2. The third-order valence-corrected chi connectivity index (χ3v) is 13.3. The van der Waals surface area contributed by atoms with Gasteiger partial charge in [0.15, 0.2) is 0 Å². The molecular weight excluding hydrogens is 663 g/mol. The van der Waals surface area contributed by atoms with Gasteiger partial charge in [0.2, 0.25) is 5.91 Å². The van der Waals surface area contributed by atoms with Crippen LogP contribution < -0.4 is 9.46 Å². The third kappa shape index (κ3) is 5.74. The molecule has 51 heavy (non-hydrogen) atoms. The van der Waals surface area contributed by atoms with E-state index in [1.807, 2.05) is 36.4 Å². The Labute approximate surface area is 300 Å². The molecule has 3 heterocycles. The van der Waals surface area contributed by atoms with Crippen molar-refractivity contribution < 1.29 is 22.7 Å². The van der Waals surface area contributed by atoms with Crippen LogP contribution in [0.3, 0.4) is 0 Å². The van der Waals surface area contributed by atoms with E-state index in [2.05, 4.69) is 50.4 Å². The molecule has 268 valence electrons. The molecule has 1 N–H and O–H groups in total. The van der Waals surface area contributed by atoms with Crippen molar-refractivity contribution >= 4 is 32.9 Å². The largest absolute Gasteiger partial charge is 0.497 e. The number of nitrogens with one attached hydrogen (secondary N) is 1. The van der Waals surface area contributed by atoms with E-state index in [0.717, 1.165) is 88.5 Å². The molecule has 2 saturated carbocycles. The van der Waals surface area contributed by atoms with Gasteiger partial charge in [0.25, 0.3) is 5.91 Å². The Balaban J connectivity index is 1.31. The number of carbonyl (C=O) groups excluding carboxylic acids is 2. The van der Waals surface area contributed by atoms with E-state index in [9.17, 15) is 13.2 Å². The quantitative estimate of drug-likeness (QED) is 0.256. The molecule has 2 aliphatic heterocycles. The van der Waals surface area contributed by atoms with Crippen LogP contribution in [0.1, 0.15) is 83.5 Å². The molecule has 0 bridgehead atoms. The van der Waals surface area contributed by atoms with Crippen LogP contribution in [0.25, 0.3) is 22.2 Å². The lowest BCUT2D eigenvalue weighted by Gasteiger charge is -2.42. The maximum Gasteiger partial charge on any atom is 0.303 e. The monoisotopic (exact) mass is 709 g/mol. The Bertz CT molecular complexity index is 2120. The number of aromatic nitrogens is 1. The van der Waals surface area contributed by atoms with Gasteiger partial charge < -0.3 is 19.1 Å². The minimum Gasteiger partial charge on any atom is -0.497 e. The minimum absolute atomic E-state index is 0.0112. The van der Waals surface area contributed by atoms with Crippen LogP contribution in [-0.4, -0.2) is 86.8 Å². The Morgan fingerprint density at radius 1 is 0.961 bits per heavy atom. The molecule has 4 aromatic rings. The summed E-state index contributed by atoms with van der Waals surface area (Å²) in [6.45, 7) is 2.68. The van der Waals surface area contributed by atoms with Gasteiger partial charge in [-0.15, -0.1) is 0 Å². The number of nitrogens with zero attached hydrogens (tertiary/aromatic N) is 4. The lowest BCUT2D eigenvalue weighted by atomic mass is 9.81. The van der Waals surface area contributed by atoms with E-state index in [1.54, 1.807) is 13.2 Å². The number of benzene rings is 3. The summed E-state index contributed by atoms with van der Waals surface area (Å²) in [6.07, 6.45) is 6.41. The van der Waals surface area contributed by atoms with Gasteiger partial charge in [0, 0.05) is 68.2 Å². The van der Waals surface area contributed by atoms with Crippen molar-refractivity contribution in [2.24, 2.45) is 5.41 Å². The van der Waals surface area contributed by atoms with E-state index >= 15 is 4.79 Å². The van der Waals surface area contributed by atoms with Crippen LogP contribution in [0.4, 0.5) is 0 Å². The van der Waals surface area contributed by atoms with E-state index in [4.69, 9.17) is 4.74 Å². The molecule has 0 spiro atoms. The summed E-state index contributed by atoms with van der Waals surface area (Å²) in [5.41, 5.74) is 6.22. The molecule has 11 heteroatoms. The molecule has 3 fully saturated rings. The number of carbonyl (C=O) groups is 2. The molecule has 3 atom stereocenters. The van der Waals surface area contributed by atoms with Crippen molar-refractivity contribution in [1.29, 1.82) is 0 Å². The molecule has 4 aliphatic rings. The fourth-order valence-electron chi connectivity index (χ4n) is 9.10. The molecule has 3 aromatic carbocycles. The number of amides is 2. The summed E-state index contributed by atoms with van der Waals surface area (Å²) in [5, 5.41) is 1.06. The highest BCUT2D eigenvalue weighted by atomic mass is 32.2. The number of ether oxygens (including phenoxy) is 1. The fraction of sp³-hybridized carbons (Fsp3) is 0.450. The summed E-state index contributed by atoms with van der Waals surface area (Å²) in [6, 6.07) is 22.1. The highest BCUT2D eigenvalue weighted by molar-refractivity contribution is 7.87. The maximum absolute atomic E-state index is 15.3. The van der Waals surface area contributed by atoms with Crippen molar-refractivity contribution in [1.82, 2.24) is 23.4 Å². The lowest BCUT2D eigenvalue weighted by Crippen LogP contribution is -2.52. The second kappa shape index (κ2) is 12.8. The Morgan fingerprint density at radius 2 is 1.73 bits per heavy atom. The average molecular weight is 710 g/mol. The first-order chi connectivity index (χ1) is 24.5. The Kier molecular flexibility index (Phi) is 8.51. The number of methoxy groups -OCH3 is 1. The van der Waals surface area contributed by atoms with Crippen LogP contribution >= 0.6 is 0 Å². The molecule has 0 radical (unpaired) electrons. The fourth-order valence-corrected chi connectivity index (χ4v) is 9.63. The van der Waals surface area contributed by atoms with Crippen molar-refractivity contribution in [3.63, 3.8) is 0 Å². The maximum atomic E-state index is 15.3. The summed E-state index contributed by atoms with van der Waals surface area (Å²) < 4.78 is 36.6. The van der Waals surface area contributed by atoms with E-state index in [1.165, 1.54) is 26.1 Å². The Hall–Kier alpha value is -4.19. The zero-order valence-corrected chi connectivity index (χ0v) is 30.7. The molecule has 2 amide bonds. The number of likely N-dealkylation sites (N-methyl/N-ethyl adjacent to an activating group) is 1. The predicted octanol–water partition coefficient (Wildman–Crippen LogP) is 5.90. The lowest BCUT2D eigenvalue weighted by molar-refractivity contribution is -0.143. The first-order valence-corrected chi connectivity index (χ1v) is 19.6. The smallest absolute Gasteiger partial charge is 0.303 e. The van der Waals surface area contributed by atoms with Crippen molar-refractivity contribution in [2.75, 3.05) is 47.9 Å². The summed E-state index contributed by atoms with van der Waals surface area (Å²) in [4.78, 5) is 33.2. The second-order valence-corrected chi connectivity index (χ2v) is 17.1. The molecular formula is C40H47N5O5S. The van der Waals surface area contributed by atoms with Gasteiger partial charge in [-0.25, -0.2) is 4.72 Å². The van der Waals surface area contributed by atoms with Crippen LogP contribution in [-0.2, 0) is 21.5 Å². The van der Waals surface area contributed by atoms with Gasteiger partial charge in [-0.1, -0.05) is 55.7 Å². The van der Waals surface area contributed by atoms with Crippen LogP contribution in [0.5, 0.6) is 5.75 Å². The van der Waals surface area contributed by atoms with Gasteiger partial charge in [-0.3, -0.25) is 9.59 Å². The van der Waals surface area contributed by atoms with Crippen LogP contribution in [0, 0.1) is 5.41 Å². The summed E-state index contributed by atoms with van der Waals surface area (Å²) in [5.74, 6) is 0.605. The second-order valence-electron chi connectivity index (χ2n) is 15.2. The predicted molar refractivity (Wildman–Crippen MR) is 198 cm³/mol. The first kappa shape index (κ1) is 33.9. The van der Waals surface area contributed by atoms with Gasteiger partial charge in [0.05, 0.1) is 24.3 Å². The van der Waals surface area contributed by atoms with Gasteiger partial charge >= 0.3 is 10.2 Å². The van der Waals surface area contributed by atoms with Gasteiger partial charge in [-0.05, 0) is 79.3 Å². The summed E-state index contributed by atoms with van der Waals surface area (Å²) >= 11 is 0. The van der Waals surface area contributed by atoms with Crippen LogP contribution in [0.2, 0.25) is 0 Å². The molecule has 8 rings (SSSR count). The molecule has 1 aromatic heterocycles. The molecule has 2 aliphatic carbocycles. The van der Waals surface area contributed by atoms with Gasteiger partial charge in [0.1, 0.15) is 5.75 Å². The van der Waals surface area contributed by atoms with Crippen molar-refractivity contribution in [2.45, 2.75) is 62.9 Å². The highest BCUT2D eigenvalue weighted by Crippen LogP contribution is 2.66. The molecule has 10 nitrogen and oxygen atoms in total. The number of rotatable bonds is 7. The average Bonchev–Trinajstić information content (AvgIpc) is 3.81. The molecule has 1 saturated heterocycles. The number of hydrogen-bond acceptors (Lipinski definition) is 6. The van der Waals surface area contributed by atoms with Gasteiger partial charge in [-0.2, -0.15) is 12.7 Å². The minimum atomic E-state index is -3.99. The van der Waals surface area contributed by atoms with Crippen molar-refractivity contribution in [3.8, 4) is 17.0 Å². The van der Waals surface area contributed by atoms with Crippen molar-refractivity contribution in [3.05, 3.63) is 89.0 Å². The normalized spacial score (nSPS) is 23.7. The Morgan fingerprint density at radius 3 is 2.45 bits per heavy atom. The summed E-state index contributed by atoms with van der Waals surface area (Å²) in [7, 11) is 2.59. The third-order valence-electron chi connectivity index (χ3n) is 11.9. The standard InChI is InChI=1S/C40H47N5O5S/c1-42(2)51(48,49)41-38(46)28-15-17-31-34(21-28)45-25-40(39(47)44-20-19-43(3)24-35(44)26-11-7-5-8-12-26)23-33(40)32-22-29(50-4)16-18-30(32)37(45)36(31)27-13-9-6-10-14-27/h5,7-8,11-12,15-18,21-22,27,33,35H,6,9-10,13-14,19-20,23-25H2,1-4H3,(H,41,46)/t33?,35?,40-/m0/s1. The zero-order valence-electron chi connectivity index (χ0n) is 29.9. The van der Waals surface area contributed by atoms with E-state index in [0.29, 0.717) is 19.0 Å². The highest BCUT2D eigenvalue weighted by Gasteiger charge is 2.64. The zero-order chi connectivity index (χ0) is 35.7. The topological polar surface area (TPSA) is 104 Å². The number of fused-ring (bicyclic) bond motifs is 7. The SMILES string of the molecule is COc1ccc2c(c1)C1C[C@]1(C(=O)N1CCN(C)CC1c1ccccc1)Cn1c-2c(C2CCCCC2)c2ccc(C(=O)NS(=O)(=O)N(C)C)cc21. The number of piperazine rings is 1. The van der Waals surface area contributed by atoms with E-state index in [-0.39, 0.29) is 23.4 Å². The van der Waals surface area contributed by atoms with E-state index < -0.39 is 21.5 Å². The molecule has 2 unspecified atom stereocenters.